The molecule has 1 aromatic carbocycles. The molecule has 0 aliphatic heterocycles. The molecule has 3 aromatic heterocycles. The van der Waals surface area contributed by atoms with E-state index in [9.17, 15) is 0 Å². The highest BCUT2D eigenvalue weighted by Gasteiger charge is 2.22. The first-order chi connectivity index (χ1) is 16.2. The van der Waals surface area contributed by atoms with Crippen molar-refractivity contribution in [3.63, 3.8) is 0 Å². The van der Waals surface area contributed by atoms with Crippen molar-refractivity contribution >= 4 is 17.9 Å². The maximum absolute atomic E-state index is 5.63. The summed E-state index contributed by atoms with van der Waals surface area (Å²) in [7, 11) is 4.80. The molecule has 10 nitrogen and oxygen atoms in total. The van der Waals surface area contributed by atoms with Gasteiger partial charge in [0.15, 0.2) is 5.82 Å². The van der Waals surface area contributed by atoms with Crippen LogP contribution in [0, 0.1) is 0 Å². The van der Waals surface area contributed by atoms with Gasteiger partial charge in [-0.1, -0.05) is 6.07 Å². The summed E-state index contributed by atoms with van der Waals surface area (Å²) in [6.45, 7) is 0. The van der Waals surface area contributed by atoms with Gasteiger partial charge in [-0.05, 0) is 36.2 Å². The molecular weight excluding hydrogens is 442 g/mol. The number of hydrogen-bond donors (Lipinski definition) is 1. The standard InChI is InChI=1S/C22H23N7O3S/c1-30-17-7-4-8-18(31-2)20(17)29-21(15-6-5-10-23-12-15)26-27-22(29)28-33-11-9-16-13-25-19(32-3)14-24-16/h4-8,10,12-14H,9,11H2,1-3H3,(H,27,28). The van der Waals surface area contributed by atoms with Crippen LogP contribution in [0.15, 0.2) is 55.1 Å². The average Bonchev–Trinajstić information content (AvgIpc) is 3.30. The van der Waals surface area contributed by atoms with E-state index in [-0.39, 0.29) is 0 Å². The lowest BCUT2D eigenvalue weighted by Gasteiger charge is -2.17. The Morgan fingerprint density at radius 1 is 0.909 bits per heavy atom. The molecule has 0 atom stereocenters. The van der Waals surface area contributed by atoms with E-state index in [1.165, 1.54) is 11.9 Å². The highest BCUT2D eigenvalue weighted by molar-refractivity contribution is 8.00. The van der Waals surface area contributed by atoms with Crippen LogP contribution in [0.5, 0.6) is 17.4 Å². The first-order valence-corrected chi connectivity index (χ1v) is 11.0. The van der Waals surface area contributed by atoms with E-state index >= 15 is 0 Å². The lowest BCUT2D eigenvalue weighted by Crippen LogP contribution is -2.07. The van der Waals surface area contributed by atoms with Gasteiger partial charge in [0.1, 0.15) is 17.2 Å². The van der Waals surface area contributed by atoms with Crippen LogP contribution in [0.4, 0.5) is 5.95 Å². The molecule has 0 saturated carbocycles. The van der Waals surface area contributed by atoms with Crippen LogP contribution in [0.3, 0.4) is 0 Å². The second-order valence-corrected chi connectivity index (χ2v) is 7.59. The Morgan fingerprint density at radius 2 is 1.73 bits per heavy atom. The number of aromatic nitrogens is 6. The zero-order chi connectivity index (χ0) is 23.0. The van der Waals surface area contributed by atoms with Crippen molar-refractivity contribution < 1.29 is 14.2 Å². The number of hydrogen-bond acceptors (Lipinski definition) is 10. The highest BCUT2D eigenvalue weighted by Crippen LogP contribution is 2.37. The third-order valence-electron chi connectivity index (χ3n) is 4.72. The Morgan fingerprint density at radius 3 is 2.36 bits per heavy atom. The molecule has 0 amide bonds. The van der Waals surface area contributed by atoms with E-state index in [1.807, 2.05) is 34.9 Å². The van der Waals surface area contributed by atoms with E-state index in [4.69, 9.17) is 14.2 Å². The summed E-state index contributed by atoms with van der Waals surface area (Å²) >= 11 is 1.49. The maximum atomic E-state index is 5.63. The average molecular weight is 466 g/mol. The number of benzene rings is 1. The van der Waals surface area contributed by atoms with Gasteiger partial charge in [0.05, 0.1) is 39.4 Å². The molecule has 0 bridgehead atoms. The van der Waals surface area contributed by atoms with E-state index in [1.54, 1.807) is 46.1 Å². The predicted molar refractivity (Wildman–Crippen MR) is 126 cm³/mol. The molecule has 1 N–H and O–H groups in total. The molecule has 33 heavy (non-hydrogen) atoms. The van der Waals surface area contributed by atoms with Crippen LogP contribution in [-0.2, 0) is 6.42 Å². The second-order valence-electron chi connectivity index (χ2n) is 6.69. The Balaban J connectivity index is 1.62. The molecule has 4 rings (SSSR count). The third kappa shape index (κ3) is 4.98. The SMILES string of the molecule is COc1cnc(CCSNc2nnc(-c3cccnc3)n2-c2c(OC)cccc2OC)cn1. The Labute approximate surface area is 195 Å². The quantitative estimate of drug-likeness (QED) is 0.276. The van der Waals surface area contributed by atoms with E-state index in [0.29, 0.717) is 34.8 Å². The third-order valence-corrected chi connectivity index (χ3v) is 5.46. The Kier molecular flexibility index (Phi) is 7.20. The first-order valence-electron chi connectivity index (χ1n) is 10.0. The molecule has 0 radical (unpaired) electrons. The van der Waals surface area contributed by atoms with Crippen molar-refractivity contribution in [2.75, 3.05) is 31.8 Å². The van der Waals surface area contributed by atoms with Gasteiger partial charge in [0.25, 0.3) is 0 Å². The number of ether oxygens (including phenoxy) is 3. The molecule has 11 heteroatoms. The number of rotatable bonds is 10. The monoisotopic (exact) mass is 465 g/mol. The van der Waals surface area contributed by atoms with Crippen molar-refractivity contribution in [1.82, 2.24) is 29.7 Å². The summed E-state index contributed by atoms with van der Waals surface area (Å²) in [5, 5.41) is 8.80. The molecule has 4 aromatic rings. The zero-order valence-corrected chi connectivity index (χ0v) is 19.2. The predicted octanol–water partition coefficient (Wildman–Crippen LogP) is 3.45. The number of aryl methyl sites for hydroxylation is 1. The number of anilines is 1. The van der Waals surface area contributed by atoms with Gasteiger partial charge in [0, 0.05) is 30.1 Å². The van der Waals surface area contributed by atoms with Crippen molar-refractivity contribution in [3.05, 3.63) is 60.8 Å². The number of pyridine rings is 1. The van der Waals surface area contributed by atoms with Crippen LogP contribution in [-0.4, -0.2) is 56.8 Å². The summed E-state index contributed by atoms with van der Waals surface area (Å²) in [5.74, 6) is 3.62. The Bertz CT molecular complexity index is 1160. The van der Waals surface area contributed by atoms with Gasteiger partial charge in [-0.3, -0.25) is 19.3 Å². The van der Waals surface area contributed by atoms with Crippen LogP contribution in [0.1, 0.15) is 5.69 Å². The number of nitrogens with one attached hydrogen (secondary N) is 1. The highest BCUT2D eigenvalue weighted by atomic mass is 32.2. The molecule has 170 valence electrons. The minimum absolute atomic E-state index is 0.492. The number of para-hydroxylation sites is 1. The molecule has 0 aliphatic carbocycles. The molecule has 3 heterocycles. The number of methoxy groups -OCH3 is 3. The maximum Gasteiger partial charge on any atom is 0.239 e. The summed E-state index contributed by atoms with van der Waals surface area (Å²) in [4.78, 5) is 12.8. The Hall–Kier alpha value is -3.86. The van der Waals surface area contributed by atoms with Gasteiger partial charge in [-0.2, -0.15) is 0 Å². The smallest absolute Gasteiger partial charge is 0.239 e. The fourth-order valence-corrected chi connectivity index (χ4v) is 3.82. The zero-order valence-electron chi connectivity index (χ0n) is 18.4. The van der Waals surface area contributed by atoms with Crippen molar-refractivity contribution in [2.45, 2.75) is 6.42 Å². The summed E-state index contributed by atoms with van der Waals surface area (Å²) < 4.78 is 21.5. The summed E-state index contributed by atoms with van der Waals surface area (Å²) in [5.41, 5.74) is 2.37. The number of nitrogens with zero attached hydrogens (tertiary/aromatic N) is 6. The fourth-order valence-electron chi connectivity index (χ4n) is 3.14. The topological polar surface area (TPSA) is 109 Å². The fraction of sp³-hybridized carbons (Fsp3) is 0.227. The van der Waals surface area contributed by atoms with Crippen molar-refractivity contribution in [3.8, 4) is 34.5 Å². The van der Waals surface area contributed by atoms with Crippen LogP contribution in [0.25, 0.3) is 17.1 Å². The normalized spacial score (nSPS) is 10.6. The molecule has 0 unspecified atom stereocenters. The molecule has 0 spiro atoms. The van der Waals surface area contributed by atoms with Crippen LogP contribution < -0.4 is 18.9 Å². The minimum Gasteiger partial charge on any atom is -0.494 e. The molecule has 0 aliphatic rings. The minimum atomic E-state index is 0.492. The summed E-state index contributed by atoms with van der Waals surface area (Å²) in [6, 6.07) is 9.38. The van der Waals surface area contributed by atoms with E-state index in [0.717, 1.165) is 23.4 Å². The lowest BCUT2D eigenvalue weighted by atomic mass is 10.2. The van der Waals surface area contributed by atoms with Crippen LogP contribution in [0.2, 0.25) is 0 Å². The summed E-state index contributed by atoms with van der Waals surface area (Å²) in [6.07, 6.45) is 7.49. The second kappa shape index (κ2) is 10.6. The van der Waals surface area contributed by atoms with Crippen molar-refractivity contribution in [2.24, 2.45) is 0 Å². The molecule has 0 saturated heterocycles. The van der Waals surface area contributed by atoms with Gasteiger partial charge < -0.3 is 14.2 Å². The van der Waals surface area contributed by atoms with Crippen LogP contribution >= 0.6 is 11.9 Å². The molecular formula is C22H23N7O3S. The molecule has 0 fully saturated rings. The lowest BCUT2D eigenvalue weighted by molar-refractivity contribution is 0.391. The van der Waals surface area contributed by atoms with Gasteiger partial charge in [-0.25, -0.2) is 4.98 Å². The van der Waals surface area contributed by atoms with E-state index in [2.05, 4.69) is 29.9 Å². The van der Waals surface area contributed by atoms with Gasteiger partial charge in [-0.15, -0.1) is 10.2 Å². The van der Waals surface area contributed by atoms with Gasteiger partial charge >= 0.3 is 0 Å². The van der Waals surface area contributed by atoms with E-state index < -0.39 is 0 Å². The van der Waals surface area contributed by atoms with Crippen molar-refractivity contribution in [1.29, 1.82) is 0 Å². The first kappa shape index (κ1) is 22.3. The van der Waals surface area contributed by atoms with Gasteiger partial charge in [0.2, 0.25) is 11.8 Å². The largest absolute Gasteiger partial charge is 0.494 e.